The van der Waals surface area contributed by atoms with Crippen molar-refractivity contribution in [2.45, 2.75) is 64.2 Å². The van der Waals surface area contributed by atoms with E-state index in [2.05, 4.69) is 16.0 Å². The molecule has 0 heterocycles. The SMILES string of the molecule is CCC(C)C(NC(=O)C(CC(=O)O)NC(=O)C(C)NC(=O)C(N)CCSC)C(=O)O. The normalized spacial score (nSPS) is 15.8. The summed E-state index contributed by atoms with van der Waals surface area (Å²) in [5, 5.41) is 25.3. The Morgan fingerprint density at radius 1 is 0.967 bits per heavy atom. The highest BCUT2D eigenvalue weighted by Gasteiger charge is 2.32. The van der Waals surface area contributed by atoms with Gasteiger partial charge in [0.25, 0.3) is 0 Å². The van der Waals surface area contributed by atoms with Crippen LogP contribution in [0.15, 0.2) is 0 Å². The largest absolute Gasteiger partial charge is 0.481 e. The van der Waals surface area contributed by atoms with Crippen LogP contribution in [0.4, 0.5) is 0 Å². The second kappa shape index (κ2) is 13.8. The highest BCUT2D eigenvalue weighted by molar-refractivity contribution is 7.98. The van der Waals surface area contributed by atoms with E-state index in [1.54, 1.807) is 13.8 Å². The second-order valence-electron chi connectivity index (χ2n) is 6.99. The van der Waals surface area contributed by atoms with Crippen LogP contribution >= 0.6 is 11.8 Å². The molecule has 7 N–H and O–H groups in total. The first-order valence-corrected chi connectivity index (χ1v) is 10.9. The summed E-state index contributed by atoms with van der Waals surface area (Å²) >= 11 is 1.52. The lowest BCUT2D eigenvalue weighted by Gasteiger charge is -2.25. The van der Waals surface area contributed by atoms with Crippen LogP contribution in [-0.2, 0) is 24.0 Å². The van der Waals surface area contributed by atoms with Crippen molar-refractivity contribution in [2.24, 2.45) is 11.7 Å². The van der Waals surface area contributed by atoms with Gasteiger partial charge in [-0.25, -0.2) is 4.79 Å². The molecule has 172 valence electrons. The molecular weight excluding hydrogens is 416 g/mol. The fourth-order valence-electron chi connectivity index (χ4n) is 2.38. The van der Waals surface area contributed by atoms with E-state index in [0.29, 0.717) is 18.6 Å². The molecule has 0 saturated heterocycles. The third kappa shape index (κ3) is 9.92. The monoisotopic (exact) mass is 448 g/mol. The maximum atomic E-state index is 12.5. The van der Waals surface area contributed by atoms with Crippen molar-refractivity contribution in [1.29, 1.82) is 0 Å². The Morgan fingerprint density at radius 2 is 1.57 bits per heavy atom. The third-order valence-electron chi connectivity index (χ3n) is 4.51. The molecule has 30 heavy (non-hydrogen) atoms. The average Bonchev–Trinajstić information content (AvgIpc) is 2.67. The minimum absolute atomic E-state index is 0.409. The summed E-state index contributed by atoms with van der Waals surface area (Å²) in [5.74, 6) is -4.65. The van der Waals surface area contributed by atoms with E-state index < -0.39 is 66.2 Å². The van der Waals surface area contributed by atoms with Crippen molar-refractivity contribution in [2.75, 3.05) is 12.0 Å². The lowest BCUT2D eigenvalue weighted by molar-refractivity contribution is -0.144. The average molecular weight is 449 g/mol. The van der Waals surface area contributed by atoms with Gasteiger partial charge in [-0.15, -0.1) is 0 Å². The first kappa shape index (κ1) is 27.7. The Kier molecular flexibility index (Phi) is 12.7. The van der Waals surface area contributed by atoms with Crippen LogP contribution in [0.25, 0.3) is 0 Å². The van der Waals surface area contributed by atoms with E-state index in [4.69, 9.17) is 10.8 Å². The number of carbonyl (C=O) groups excluding carboxylic acids is 3. The molecule has 0 aromatic rings. The number of carboxylic acids is 2. The van der Waals surface area contributed by atoms with Crippen LogP contribution < -0.4 is 21.7 Å². The molecule has 0 bridgehead atoms. The number of amides is 3. The van der Waals surface area contributed by atoms with Crippen molar-refractivity contribution >= 4 is 41.4 Å². The second-order valence-corrected chi connectivity index (χ2v) is 7.97. The van der Waals surface area contributed by atoms with Gasteiger partial charge in [-0.2, -0.15) is 11.8 Å². The summed E-state index contributed by atoms with van der Waals surface area (Å²) in [6, 6.07) is -4.63. The van der Waals surface area contributed by atoms with Gasteiger partial charge in [0.1, 0.15) is 18.1 Å². The van der Waals surface area contributed by atoms with Gasteiger partial charge in [-0.05, 0) is 31.3 Å². The summed E-state index contributed by atoms with van der Waals surface area (Å²) in [4.78, 5) is 59.3. The predicted molar refractivity (Wildman–Crippen MR) is 112 cm³/mol. The smallest absolute Gasteiger partial charge is 0.326 e. The lowest BCUT2D eigenvalue weighted by Crippen LogP contribution is -2.57. The molecule has 12 heteroatoms. The zero-order valence-electron chi connectivity index (χ0n) is 17.6. The zero-order chi connectivity index (χ0) is 23.4. The Hall–Kier alpha value is -2.34. The number of hydrogen-bond donors (Lipinski definition) is 6. The van der Waals surface area contributed by atoms with Crippen molar-refractivity contribution in [3.8, 4) is 0 Å². The summed E-state index contributed by atoms with van der Waals surface area (Å²) in [5.41, 5.74) is 5.74. The van der Waals surface area contributed by atoms with Crippen LogP contribution in [0.5, 0.6) is 0 Å². The number of aliphatic carboxylic acids is 2. The van der Waals surface area contributed by atoms with E-state index in [0.717, 1.165) is 0 Å². The minimum atomic E-state index is -1.51. The van der Waals surface area contributed by atoms with E-state index in [9.17, 15) is 29.1 Å². The molecule has 0 aliphatic rings. The summed E-state index contributed by atoms with van der Waals surface area (Å²) in [6.07, 6.45) is 1.99. The highest BCUT2D eigenvalue weighted by Crippen LogP contribution is 2.09. The molecule has 0 radical (unpaired) electrons. The Bertz CT molecular complexity index is 632. The number of nitrogens with two attached hydrogens (primary N) is 1. The molecular formula is C18H32N4O7S. The maximum absolute atomic E-state index is 12.5. The van der Waals surface area contributed by atoms with Gasteiger partial charge >= 0.3 is 11.9 Å². The van der Waals surface area contributed by atoms with Crippen molar-refractivity contribution < 1.29 is 34.2 Å². The van der Waals surface area contributed by atoms with Gasteiger partial charge in [0, 0.05) is 0 Å². The van der Waals surface area contributed by atoms with Crippen molar-refractivity contribution in [3.63, 3.8) is 0 Å². The first-order chi connectivity index (χ1) is 13.9. The molecule has 0 aliphatic carbocycles. The summed E-state index contributed by atoms with van der Waals surface area (Å²) < 4.78 is 0. The van der Waals surface area contributed by atoms with Crippen LogP contribution in [-0.4, -0.2) is 76.0 Å². The highest BCUT2D eigenvalue weighted by atomic mass is 32.2. The summed E-state index contributed by atoms with van der Waals surface area (Å²) in [6.45, 7) is 4.74. The van der Waals surface area contributed by atoms with Gasteiger partial charge in [0.15, 0.2) is 0 Å². The van der Waals surface area contributed by atoms with E-state index >= 15 is 0 Å². The Balaban J connectivity index is 5.12. The lowest BCUT2D eigenvalue weighted by atomic mass is 9.98. The fourth-order valence-corrected chi connectivity index (χ4v) is 2.87. The third-order valence-corrected chi connectivity index (χ3v) is 5.15. The molecule has 0 spiro atoms. The Labute approximate surface area is 179 Å². The summed E-state index contributed by atoms with van der Waals surface area (Å²) in [7, 11) is 0. The van der Waals surface area contributed by atoms with E-state index in [1.807, 2.05) is 6.26 Å². The molecule has 0 aromatic carbocycles. The van der Waals surface area contributed by atoms with Gasteiger partial charge < -0.3 is 31.9 Å². The minimum Gasteiger partial charge on any atom is -0.481 e. The van der Waals surface area contributed by atoms with E-state index in [-0.39, 0.29) is 0 Å². The van der Waals surface area contributed by atoms with Gasteiger partial charge in [0.2, 0.25) is 17.7 Å². The quantitative estimate of drug-likeness (QED) is 0.197. The number of nitrogens with one attached hydrogen (secondary N) is 3. The molecule has 0 fully saturated rings. The number of carbonyl (C=O) groups is 5. The number of thioether (sulfide) groups is 1. The van der Waals surface area contributed by atoms with E-state index in [1.165, 1.54) is 18.7 Å². The Morgan fingerprint density at radius 3 is 2.03 bits per heavy atom. The molecule has 11 nitrogen and oxygen atoms in total. The van der Waals surface area contributed by atoms with Crippen LogP contribution in [0.2, 0.25) is 0 Å². The first-order valence-electron chi connectivity index (χ1n) is 9.54. The standard InChI is InChI=1S/C18H32N4O7S/c1-5-9(2)14(18(28)29)22-17(27)12(8-13(23)24)21-15(25)10(3)20-16(26)11(19)6-7-30-4/h9-12,14H,5-8,19H2,1-4H3,(H,20,26)(H,21,25)(H,22,27)(H,23,24)(H,28,29). The molecule has 0 aromatic heterocycles. The van der Waals surface area contributed by atoms with Gasteiger partial charge in [0.05, 0.1) is 12.5 Å². The number of carboxylic acid groups (broad SMARTS) is 2. The number of hydrogen-bond acceptors (Lipinski definition) is 7. The predicted octanol–water partition coefficient (Wildman–Crippen LogP) is -0.853. The fraction of sp³-hybridized carbons (Fsp3) is 0.722. The van der Waals surface area contributed by atoms with Crippen molar-refractivity contribution in [1.82, 2.24) is 16.0 Å². The van der Waals surface area contributed by atoms with Gasteiger partial charge in [-0.3, -0.25) is 19.2 Å². The van der Waals surface area contributed by atoms with Crippen LogP contribution in [0, 0.1) is 5.92 Å². The molecule has 0 aliphatic heterocycles. The molecule has 0 saturated carbocycles. The molecule has 0 rings (SSSR count). The topological polar surface area (TPSA) is 188 Å². The maximum Gasteiger partial charge on any atom is 0.326 e. The molecule has 5 atom stereocenters. The molecule has 5 unspecified atom stereocenters. The van der Waals surface area contributed by atoms with Crippen molar-refractivity contribution in [3.05, 3.63) is 0 Å². The van der Waals surface area contributed by atoms with Crippen LogP contribution in [0.1, 0.15) is 40.0 Å². The zero-order valence-corrected chi connectivity index (χ0v) is 18.5. The van der Waals surface area contributed by atoms with Crippen LogP contribution in [0.3, 0.4) is 0 Å². The number of rotatable bonds is 14. The molecule has 3 amide bonds. The van der Waals surface area contributed by atoms with Gasteiger partial charge in [-0.1, -0.05) is 20.3 Å².